The minimum atomic E-state index is -3.77. The second-order valence-corrected chi connectivity index (χ2v) is 34.4. The van der Waals surface area contributed by atoms with Crippen molar-refractivity contribution in [1.29, 1.82) is 5.26 Å². The summed E-state index contributed by atoms with van der Waals surface area (Å²) < 4.78 is 95.8. The van der Waals surface area contributed by atoms with Crippen LogP contribution in [0.25, 0.3) is 54.7 Å². The van der Waals surface area contributed by atoms with E-state index in [1.165, 1.54) is 39.6 Å². The Bertz CT molecular complexity index is 5270. The molecule has 0 spiro atoms. The van der Waals surface area contributed by atoms with Crippen LogP contribution in [-0.4, -0.2) is 216 Å². The summed E-state index contributed by atoms with van der Waals surface area (Å²) in [5.74, 6) is 2.27. The summed E-state index contributed by atoms with van der Waals surface area (Å²) in [6.07, 6.45) is 13.9. The Kier molecular flexibility index (Phi) is 28.3. The fourth-order valence-corrected chi connectivity index (χ4v) is 14.8. The first-order valence-electron chi connectivity index (χ1n) is 35.7. The van der Waals surface area contributed by atoms with E-state index < -0.39 is 40.3 Å². The molecule has 7 N–H and O–H groups in total. The zero-order valence-electron chi connectivity index (χ0n) is 63.0. The lowest BCUT2D eigenvalue weighted by atomic mass is 9.95. The molecule has 0 radical (unpaired) electrons. The molecule has 0 atom stereocenters. The number of nitrogens with one attached hydrogen (secondary N) is 3. The highest BCUT2D eigenvalue weighted by molar-refractivity contribution is 7.89. The number of aryl methyl sites for hydroxylation is 8. The van der Waals surface area contributed by atoms with Crippen molar-refractivity contribution in [1.82, 2.24) is 68.7 Å². The Morgan fingerprint density at radius 2 is 0.880 bits per heavy atom. The van der Waals surface area contributed by atoms with Gasteiger partial charge in [-0.25, -0.2) is 74.9 Å². The zero-order chi connectivity index (χ0) is 78.3. The van der Waals surface area contributed by atoms with Crippen molar-refractivity contribution in [2.45, 2.75) is 100 Å². The Morgan fingerprint density at radius 3 is 1.31 bits per heavy atom. The normalized spacial score (nSPS) is 14.9. The number of nitrogens with two attached hydrogens (primary N) is 2. The van der Waals surface area contributed by atoms with Crippen molar-refractivity contribution in [3.63, 3.8) is 0 Å². The number of hydrogen-bond acceptors (Lipinski definition) is 23. The molecule has 9 aromatic rings. The van der Waals surface area contributed by atoms with E-state index >= 15 is 0 Å². The van der Waals surface area contributed by atoms with E-state index in [1.807, 2.05) is 30.9 Å². The summed E-state index contributed by atoms with van der Waals surface area (Å²) in [6, 6.07) is 22.4. The van der Waals surface area contributed by atoms with Gasteiger partial charge in [0.05, 0.1) is 58.1 Å². The highest BCUT2D eigenvalue weighted by Gasteiger charge is 2.26. The van der Waals surface area contributed by atoms with Gasteiger partial charge in [-0.15, -0.1) is 0 Å². The number of aromatic nitrogens is 8. The Morgan fingerprint density at radius 1 is 0.463 bits per heavy atom. The number of primary sulfonamides is 1. The minimum Gasteiger partial charge on any atom is -0.355 e. The van der Waals surface area contributed by atoms with Crippen LogP contribution in [0.15, 0.2) is 92.0 Å². The zero-order valence-corrected chi connectivity index (χ0v) is 66.3. The molecule has 578 valence electrons. The molecular weight excluding hydrogens is 1460 g/mol. The Labute approximate surface area is 633 Å². The topological polar surface area (TPSA) is 405 Å². The van der Waals surface area contributed by atoms with E-state index in [1.54, 1.807) is 48.4 Å². The standard InChI is InChI=1S/C19H27N5O3S.C19H29N5O2S.C18H25N5O3S.C18H17N5O2S/c1-14-11-16-17(12-15(14)2)20-13-21-19(16)24-8-4-7-23(9-10-24)18(25)5-6-22-28(3,26)27;1-15-12-17-18(13-16(15)2)20-14-21-19(17)24-9-5-8-23(10-11-24)7-4-6-22-27(3,25)26;1-13-10-15-16(11-14(13)2)20-12-21-18(15)23-6-3-5-22(7-8-23)17(24)4-9-27(19,25)26;1-11-5-16-17(6-12(11)2)22-9-14(7-19)18(16)13-3-4-15(21-8-13)10-23-26(20,24)25/h11-13,22H,4-10H2,1-3H3;12-14,22H,4-11H2,1-3H3;10-12H,3-9H2,1-2H3,(H2,19,25,26);3-6,8-9,23H,10H2,1-2H3,(H2,20,24,25). The van der Waals surface area contributed by atoms with Gasteiger partial charge in [0, 0.05) is 143 Å². The maximum atomic E-state index is 12.4. The molecule has 30 nitrogen and oxygen atoms in total. The van der Waals surface area contributed by atoms with Gasteiger partial charge in [-0.2, -0.15) is 18.4 Å². The van der Waals surface area contributed by atoms with Gasteiger partial charge in [-0.3, -0.25) is 19.6 Å². The largest absolute Gasteiger partial charge is 0.355 e. The first kappa shape index (κ1) is 82.9. The molecule has 3 saturated heterocycles. The van der Waals surface area contributed by atoms with Gasteiger partial charge in [-0.05, 0) is 193 Å². The monoisotopic (exact) mass is 1550 g/mol. The smallest absolute Gasteiger partial charge is 0.274 e. The number of sulfonamides is 3. The van der Waals surface area contributed by atoms with Crippen LogP contribution in [-0.2, 0) is 56.4 Å². The highest BCUT2D eigenvalue weighted by atomic mass is 32.2. The Hall–Kier alpha value is -9.15. The molecule has 0 unspecified atom stereocenters. The van der Waals surface area contributed by atoms with Crippen LogP contribution in [0.4, 0.5) is 17.5 Å². The van der Waals surface area contributed by atoms with Crippen molar-refractivity contribution >= 4 is 113 Å². The SMILES string of the molecule is Cc1cc2ncc(C#N)c(-c3ccc(CNS(N)(=O)=O)nc3)c2cc1C.Cc1cc2ncnc(N3CCCN(C(=O)CCNS(C)(=O)=O)CC3)c2cc1C.Cc1cc2ncnc(N3CCCN(C(=O)CCS(N)(=O)=O)CC3)c2cc1C.Cc1cc2ncnc(N3CCCN(CCCNS(C)(=O)=O)CC3)c2cc1C. The number of carbonyl (C=O) groups excluding carboxylic acids is 2. The van der Waals surface area contributed by atoms with Crippen LogP contribution in [0.5, 0.6) is 0 Å². The van der Waals surface area contributed by atoms with E-state index in [2.05, 4.69) is 158 Å². The quantitative estimate of drug-likeness (QED) is 0.0582. The van der Waals surface area contributed by atoms with E-state index in [-0.39, 0.29) is 43.5 Å². The number of hydrogen-bond donors (Lipinski definition) is 5. The third-order valence-corrected chi connectivity index (χ3v) is 22.1. The maximum absolute atomic E-state index is 12.4. The van der Waals surface area contributed by atoms with Gasteiger partial charge in [-0.1, -0.05) is 6.07 Å². The maximum Gasteiger partial charge on any atom is 0.274 e. The summed E-state index contributed by atoms with van der Waals surface area (Å²) in [5, 5.41) is 23.4. The van der Waals surface area contributed by atoms with Crippen molar-refractivity contribution < 1.29 is 43.3 Å². The van der Waals surface area contributed by atoms with E-state index in [4.69, 9.17) is 10.3 Å². The fraction of sp³-hybridized carbons (Fsp3) is 0.446. The summed E-state index contributed by atoms with van der Waals surface area (Å²) >= 11 is 0. The molecule has 3 aliphatic heterocycles. The third-order valence-electron chi connectivity index (χ3n) is 19.4. The molecule has 3 fully saturated rings. The second kappa shape index (κ2) is 36.8. The molecule has 3 aliphatic rings. The molecular formula is C74H98N20O10S4. The second-order valence-electron chi connectivity index (χ2n) is 27.6. The number of pyridine rings is 2. The third kappa shape index (κ3) is 23.7. The molecule has 0 saturated carbocycles. The van der Waals surface area contributed by atoms with Crippen molar-refractivity contribution in [2.24, 2.45) is 10.3 Å². The number of benzene rings is 4. The predicted octanol–water partition coefficient (Wildman–Crippen LogP) is 5.97. The molecule has 0 bridgehead atoms. The number of fused-ring (bicyclic) bond motifs is 4. The number of amides is 2. The summed E-state index contributed by atoms with van der Waals surface area (Å²) in [6.45, 7) is 27.2. The Balaban J connectivity index is 0.000000166. The summed E-state index contributed by atoms with van der Waals surface area (Å²) in [7, 11) is -13.8. The number of nitrogens with zero attached hydrogens (tertiary/aromatic N) is 15. The lowest BCUT2D eigenvalue weighted by Gasteiger charge is -2.24. The minimum absolute atomic E-state index is 0.000381. The molecule has 4 aromatic carbocycles. The van der Waals surface area contributed by atoms with Gasteiger partial charge in [0.2, 0.25) is 41.9 Å². The van der Waals surface area contributed by atoms with Crippen LogP contribution in [0.3, 0.4) is 0 Å². The van der Waals surface area contributed by atoms with Gasteiger partial charge in [0.25, 0.3) is 10.2 Å². The van der Waals surface area contributed by atoms with Crippen LogP contribution in [0.2, 0.25) is 0 Å². The van der Waals surface area contributed by atoms with Gasteiger partial charge in [0.15, 0.2) is 0 Å². The lowest BCUT2D eigenvalue weighted by Crippen LogP contribution is -2.37. The first-order valence-corrected chi connectivity index (χ1v) is 42.8. The van der Waals surface area contributed by atoms with Crippen LogP contribution in [0, 0.1) is 66.7 Å². The number of anilines is 3. The van der Waals surface area contributed by atoms with Crippen LogP contribution in [0.1, 0.15) is 94.3 Å². The average molecular weight is 1560 g/mol. The lowest BCUT2D eigenvalue weighted by molar-refractivity contribution is -0.131. The summed E-state index contributed by atoms with van der Waals surface area (Å²) in [4.78, 5) is 72.9. The molecule has 34 heteroatoms. The number of rotatable bonds is 19. The molecule has 12 rings (SSSR count). The van der Waals surface area contributed by atoms with Crippen molar-refractivity contribution in [3.8, 4) is 17.2 Å². The van der Waals surface area contributed by atoms with Crippen molar-refractivity contribution in [2.75, 3.05) is 131 Å². The molecule has 5 aromatic heterocycles. The highest BCUT2D eigenvalue weighted by Crippen LogP contribution is 2.34. The fourth-order valence-electron chi connectivity index (χ4n) is 13.0. The van der Waals surface area contributed by atoms with Crippen molar-refractivity contribution in [3.05, 3.63) is 148 Å². The van der Waals surface area contributed by atoms with E-state index in [0.717, 1.165) is 161 Å². The molecule has 108 heavy (non-hydrogen) atoms. The molecule has 8 heterocycles. The number of nitriles is 1. The van der Waals surface area contributed by atoms with Crippen LogP contribution < -0.4 is 39.1 Å². The van der Waals surface area contributed by atoms with Gasteiger partial charge >= 0.3 is 0 Å². The van der Waals surface area contributed by atoms with E-state index in [9.17, 15) is 48.5 Å². The van der Waals surface area contributed by atoms with Gasteiger partial charge < -0.3 is 29.4 Å². The summed E-state index contributed by atoms with van der Waals surface area (Å²) in [5.41, 5.74) is 15.7. The molecule has 2 amide bonds. The van der Waals surface area contributed by atoms with E-state index in [0.29, 0.717) is 57.1 Å². The predicted molar refractivity (Wildman–Crippen MR) is 424 cm³/mol. The number of carbonyl (C=O) groups is 2. The average Bonchev–Trinajstić information content (AvgIpc) is 0.822. The van der Waals surface area contributed by atoms with Gasteiger partial charge in [0.1, 0.15) is 42.5 Å². The molecule has 0 aliphatic carbocycles. The first-order chi connectivity index (χ1) is 51.1. The van der Waals surface area contributed by atoms with Crippen LogP contribution >= 0.6 is 0 Å².